The van der Waals surface area contributed by atoms with Gasteiger partial charge in [-0.15, -0.1) is 0 Å². The summed E-state index contributed by atoms with van der Waals surface area (Å²) in [5.74, 6) is 1.28. The fourth-order valence-electron chi connectivity index (χ4n) is 1.85. The van der Waals surface area contributed by atoms with Crippen molar-refractivity contribution < 1.29 is 14.8 Å². The first-order chi connectivity index (χ1) is 10.0. The monoisotopic (exact) mass is 289 g/mol. The normalized spacial score (nSPS) is 10.2. The van der Waals surface area contributed by atoms with Crippen LogP contribution in [0.5, 0.6) is 11.5 Å². The molecule has 0 saturated carbocycles. The average molecular weight is 289 g/mol. The molecule has 0 radical (unpaired) electrons. The molecule has 21 heavy (non-hydrogen) atoms. The van der Waals surface area contributed by atoms with Crippen LogP contribution in [0.2, 0.25) is 0 Å². The molecule has 1 aromatic heterocycles. The fraction of sp³-hybridized carbons (Fsp3) is 0.214. The lowest BCUT2D eigenvalue weighted by Gasteiger charge is -2.09. The number of aromatic nitrogens is 1. The van der Waals surface area contributed by atoms with Gasteiger partial charge in [-0.1, -0.05) is 0 Å². The van der Waals surface area contributed by atoms with Crippen molar-refractivity contribution in [3.63, 3.8) is 0 Å². The minimum atomic E-state index is -0.472. The van der Waals surface area contributed by atoms with Crippen molar-refractivity contribution in [3.05, 3.63) is 51.7 Å². The van der Waals surface area contributed by atoms with E-state index in [1.165, 1.54) is 6.20 Å². The maximum Gasteiger partial charge on any atom is 0.290 e. The highest BCUT2D eigenvalue weighted by Crippen LogP contribution is 2.24. The summed E-state index contributed by atoms with van der Waals surface area (Å²) in [7, 11) is 1.55. The molecule has 1 heterocycles. The SMILES string of the molecule is COc1ccc(O)c(CNc2cc(C)c([N+](=O)[O-])cn2)c1. The van der Waals surface area contributed by atoms with E-state index in [2.05, 4.69) is 10.3 Å². The van der Waals surface area contributed by atoms with Gasteiger partial charge >= 0.3 is 0 Å². The third kappa shape index (κ3) is 3.38. The summed E-state index contributed by atoms with van der Waals surface area (Å²) >= 11 is 0. The second-order valence-electron chi connectivity index (χ2n) is 4.46. The van der Waals surface area contributed by atoms with Gasteiger partial charge in [0.2, 0.25) is 0 Å². The van der Waals surface area contributed by atoms with Gasteiger partial charge in [0.15, 0.2) is 0 Å². The molecule has 0 unspecified atom stereocenters. The Balaban J connectivity index is 2.13. The molecule has 110 valence electrons. The van der Waals surface area contributed by atoms with Gasteiger partial charge in [-0.05, 0) is 31.2 Å². The summed E-state index contributed by atoms with van der Waals surface area (Å²) in [4.78, 5) is 14.2. The Hall–Kier alpha value is -2.83. The standard InChI is InChI=1S/C14H15N3O4/c1-9-5-14(16-8-12(9)17(19)20)15-7-10-6-11(21-2)3-4-13(10)18/h3-6,8,18H,7H2,1-2H3,(H,15,16). The van der Waals surface area contributed by atoms with Gasteiger partial charge in [0.25, 0.3) is 5.69 Å². The van der Waals surface area contributed by atoms with Crippen molar-refractivity contribution >= 4 is 11.5 Å². The highest BCUT2D eigenvalue weighted by molar-refractivity contribution is 5.48. The number of methoxy groups -OCH3 is 1. The molecule has 2 aromatic rings. The van der Waals surface area contributed by atoms with Gasteiger partial charge in [0.05, 0.1) is 12.0 Å². The molecule has 1 aromatic carbocycles. The van der Waals surface area contributed by atoms with Gasteiger partial charge < -0.3 is 15.2 Å². The van der Waals surface area contributed by atoms with Gasteiger partial charge in [0.1, 0.15) is 23.5 Å². The molecule has 0 bridgehead atoms. The van der Waals surface area contributed by atoms with Crippen molar-refractivity contribution in [2.45, 2.75) is 13.5 Å². The number of hydrogen-bond acceptors (Lipinski definition) is 6. The van der Waals surface area contributed by atoms with Crippen LogP contribution in [0, 0.1) is 17.0 Å². The van der Waals surface area contributed by atoms with Gasteiger partial charge in [-0.2, -0.15) is 0 Å². The Labute approximate surface area is 121 Å². The topological polar surface area (TPSA) is 97.5 Å². The summed E-state index contributed by atoms with van der Waals surface area (Å²) in [5, 5.41) is 23.5. The first-order valence-electron chi connectivity index (χ1n) is 6.22. The van der Waals surface area contributed by atoms with Crippen LogP contribution in [0.4, 0.5) is 11.5 Å². The summed E-state index contributed by atoms with van der Waals surface area (Å²) in [6.07, 6.45) is 1.21. The van der Waals surface area contributed by atoms with E-state index in [1.54, 1.807) is 38.3 Å². The lowest BCUT2D eigenvalue weighted by molar-refractivity contribution is -0.385. The van der Waals surface area contributed by atoms with Gasteiger partial charge in [-0.3, -0.25) is 10.1 Å². The maximum absolute atomic E-state index is 10.7. The molecule has 0 aliphatic heterocycles. The van der Waals surface area contributed by atoms with Gasteiger partial charge in [0, 0.05) is 17.7 Å². The molecular weight excluding hydrogens is 274 g/mol. The third-order valence-electron chi connectivity index (χ3n) is 3.03. The molecule has 0 fully saturated rings. The molecule has 0 spiro atoms. The number of benzene rings is 1. The Kier molecular flexibility index (Phi) is 4.22. The van der Waals surface area contributed by atoms with E-state index in [0.29, 0.717) is 29.2 Å². The van der Waals surface area contributed by atoms with E-state index in [0.717, 1.165) is 0 Å². The lowest BCUT2D eigenvalue weighted by Crippen LogP contribution is -2.03. The average Bonchev–Trinajstić information content (AvgIpc) is 2.46. The quantitative estimate of drug-likeness (QED) is 0.648. The second-order valence-corrected chi connectivity index (χ2v) is 4.46. The number of anilines is 1. The van der Waals surface area contributed by atoms with Crippen LogP contribution in [-0.4, -0.2) is 22.1 Å². The molecule has 7 nitrogen and oxygen atoms in total. The number of ether oxygens (including phenoxy) is 1. The van der Waals surface area contributed by atoms with E-state index in [4.69, 9.17) is 4.74 Å². The van der Waals surface area contributed by atoms with Crippen LogP contribution in [0.1, 0.15) is 11.1 Å². The van der Waals surface area contributed by atoms with Crippen LogP contribution in [0.3, 0.4) is 0 Å². The Morgan fingerprint density at radius 1 is 1.43 bits per heavy atom. The van der Waals surface area contributed by atoms with E-state index < -0.39 is 4.92 Å². The zero-order valence-electron chi connectivity index (χ0n) is 11.7. The number of aryl methyl sites for hydroxylation is 1. The summed E-state index contributed by atoms with van der Waals surface area (Å²) in [6, 6.07) is 6.51. The molecule has 0 aliphatic carbocycles. The summed E-state index contributed by atoms with van der Waals surface area (Å²) < 4.78 is 5.09. The second kappa shape index (κ2) is 6.08. The van der Waals surface area contributed by atoms with Crippen molar-refractivity contribution in [2.75, 3.05) is 12.4 Å². The predicted molar refractivity (Wildman–Crippen MR) is 77.6 cm³/mol. The minimum absolute atomic E-state index is 0.0234. The maximum atomic E-state index is 10.7. The highest BCUT2D eigenvalue weighted by Gasteiger charge is 2.11. The predicted octanol–water partition coefficient (Wildman–Crippen LogP) is 2.62. The number of nitro groups is 1. The Bertz CT molecular complexity index is 673. The Morgan fingerprint density at radius 3 is 2.81 bits per heavy atom. The summed E-state index contributed by atoms with van der Waals surface area (Å²) in [5.41, 5.74) is 1.14. The van der Waals surface area contributed by atoms with E-state index in [1.807, 2.05) is 0 Å². The summed E-state index contributed by atoms with van der Waals surface area (Å²) in [6.45, 7) is 1.97. The molecule has 7 heteroatoms. The highest BCUT2D eigenvalue weighted by atomic mass is 16.6. The number of aromatic hydroxyl groups is 1. The number of nitrogens with one attached hydrogen (secondary N) is 1. The molecule has 0 aliphatic rings. The van der Waals surface area contributed by atoms with Crippen LogP contribution in [-0.2, 0) is 6.54 Å². The van der Waals surface area contributed by atoms with Crippen molar-refractivity contribution in [1.29, 1.82) is 0 Å². The number of phenolic OH excluding ortho intramolecular Hbond substituents is 1. The number of nitrogens with zero attached hydrogens (tertiary/aromatic N) is 2. The first kappa shape index (κ1) is 14.6. The van der Waals surface area contributed by atoms with E-state index >= 15 is 0 Å². The van der Waals surface area contributed by atoms with E-state index in [9.17, 15) is 15.2 Å². The molecule has 2 N–H and O–H groups in total. The number of rotatable bonds is 5. The van der Waals surface area contributed by atoms with Gasteiger partial charge in [-0.25, -0.2) is 4.98 Å². The first-order valence-corrected chi connectivity index (χ1v) is 6.22. The van der Waals surface area contributed by atoms with E-state index in [-0.39, 0.29) is 11.4 Å². The van der Waals surface area contributed by atoms with Crippen LogP contribution in [0.15, 0.2) is 30.5 Å². The van der Waals surface area contributed by atoms with Crippen molar-refractivity contribution in [3.8, 4) is 11.5 Å². The van der Waals surface area contributed by atoms with Crippen LogP contribution < -0.4 is 10.1 Å². The Morgan fingerprint density at radius 2 is 2.19 bits per heavy atom. The molecule has 0 saturated heterocycles. The van der Waals surface area contributed by atoms with Crippen LogP contribution >= 0.6 is 0 Å². The van der Waals surface area contributed by atoms with Crippen molar-refractivity contribution in [1.82, 2.24) is 4.98 Å². The van der Waals surface area contributed by atoms with Crippen molar-refractivity contribution in [2.24, 2.45) is 0 Å². The molecule has 2 rings (SSSR count). The largest absolute Gasteiger partial charge is 0.508 e. The smallest absolute Gasteiger partial charge is 0.290 e. The minimum Gasteiger partial charge on any atom is -0.508 e. The zero-order chi connectivity index (χ0) is 15.4. The third-order valence-corrected chi connectivity index (χ3v) is 3.03. The fourth-order valence-corrected chi connectivity index (χ4v) is 1.85. The lowest BCUT2D eigenvalue weighted by atomic mass is 10.2. The number of pyridine rings is 1. The molecule has 0 atom stereocenters. The number of hydrogen-bond donors (Lipinski definition) is 2. The zero-order valence-corrected chi connectivity index (χ0v) is 11.7. The molecular formula is C14H15N3O4. The van der Waals surface area contributed by atoms with Crippen LogP contribution in [0.25, 0.3) is 0 Å². The molecule has 0 amide bonds. The number of phenols is 1.